The van der Waals surface area contributed by atoms with Crippen LogP contribution in [0.25, 0.3) is 0 Å². The first kappa shape index (κ1) is 15.7. The van der Waals surface area contributed by atoms with Crippen molar-refractivity contribution in [2.24, 2.45) is 0 Å². The van der Waals surface area contributed by atoms with Crippen LogP contribution in [0.4, 0.5) is 0 Å². The van der Waals surface area contributed by atoms with Crippen molar-refractivity contribution in [1.82, 2.24) is 20.5 Å². The Hall–Kier alpha value is -2.39. The maximum atomic E-state index is 11.8. The molecule has 20 heavy (non-hydrogen) atoms. The number of aromatic nitrogens is 1. The molecule has 6 nitrogen and oxygen atoms in total. The van der Waals surface area contributed by atoms with Gasteiger partial charge in [-0.25, -0.2) is 0 Å². The fourth-order valence-electron chi connectivity index (χ4n) is 1.39. The quantitative estimate of drug-likeness (QED) is 0.423. The summed E-state index contributed by atoms with van der Waals surface area (Å²) in [6.07, 6.45) is 4.79. The van der Waals surface area contributed by atoms with E-state index in [9.17, 15) is 4.79 Å². The van der Waals surface area contributed by atoms with E-state index in [1.54, 1.807) is 18.5 Å². The Kier molecular flexibility index (Phi) is 6.79. The highest BCUT2D eigenvalue weighted by Crippen LogP contribution is 1.96. The molecule has 0 unspecified atom stereocenters. The molecule has 0 fully saturated rings. The van der Waals surface area contributed by atoms with E-state index in [2.05, 4.69) is 15.6 Å². The average Bonchev–Trinajstić information content (AvgIpc) is 2.45. The summed E-state index contributed by atoms with van der Waals surface area (Å²) in [7, 11) is 3.91. The zero-order chi connectivity index (χ0) is 14.8. The van der Waals surface area contributed by atoms with E-state index >= 15 is 0 Å². The summed E-state index contributed by atoms with van der Waals surface area (Å²) >= 11 is 0. The molecule has 0 spiro atoms. The van der Waals surface area contributed by atoms with Gasteiger partial charge in [0.25, 0.3) is 5.91 Å². The number of nitriles is 1. The number of hydrogen-bond donors (Lipinski definition) is 2. The predicted octanol–water partition coefficient (Wildman–Crippen LogP) is 0.256. The summed E-state index contributed by atoms with van der Waals surface area (Å²) in [4.78, 5) is 17.8. The molecule has 2 N–H and O–H groups in total. The van der Waals surface area contributed by atoms with Crippen LogP contribution in [-0.2, 0) is 11.3 Å². The summed E-state index contributed by atoms with van der Waals surface area (Å²) < 4.78 is 0. The van der Waals surface area contributed by atoms with Gasteiger partial charge in [-0.1, -0.05) is 6.07 Å². The molecule has 1 aromatic heterocycles. The second-order valence-corrected chi connectivity index (χ2v) is 4.47. The van der Waals surface area contributed by atoms with Gasteiger partial charge in [-0.2, -0.15) is 5.26 Å². The number of hydrogen-bond acceptors (Lipinski definition) is 5. The molecule has 1 heterocycles. The molecule has 1 rings (SSSR count). The van der Waals surface area contributed by atoms with Crippen LogP contribution < -0.4 is 10.6 Å². The number of pyridine rings is 1. The minimum absolute atomic E-state index is 0.0626. The minimum atomic E-state index is -0.395. The van der Waals surface area contributed by atoms with Gasteiger partial charge in [0.2, 0.25) is 0 Å². The van der Waals surface area contributed by atoms with Crippen molar-refractivity contribution in [2.75, 3.05) is 27.2 Å². The summed E-state index contributed by atoms with van der Waals surface area (Å²) in [5.41, 5.74) is 0.950. The molecule has 1 aromatic rings. The van der Waals surface area contributed by atoms with Crippen molar-refractivity contribution in [3.8, 4) is 6.07 Å². The van der Waals surface area contributed by atoms with Gasteiger partial charge in [-0.3, -0.25) is 9.78 Å². The van der Waals surface area contributed by atoms with Crippen molar-refractivity contribution in [3.63, 3.8) is 0 Å². The first-order valence-electron chi connectivity index (χ1n) is 6.29. The molecule has 0 aliphatic heterocycles. The predicted molar refractivity (Wildman–Crippen MR) is 76.3 cm³/mol. The van der Waals surface area contributed by atoms with Crippen molar-refractivity contribution in [2.45, 2.75) is 6.54 Å². The largest absolute Gasteiger partial charge is 0.388 e. The topological polar surface area (TPSA) is 81.0 Å². The molecule has 0 saturated carbocycles. The minimum Gasteiger partial charge on any atom is -0.388 e. The standard InChI is InChI=1S/C14H19N5O/c1-19(2)7-6-17-11-13(8-15)14(20)18-10-12-4-3-5-16-9-12/h3-5,9,11,17H,6-7,10H2,1-2H3,(H,18,20)/b13-11-. The van der Waals surface area contributed by atoms with Crippen LogP contribution in [0.15, 0.2) is 36.3 Å². The van der Waals surface area contributed by atoms with E-state index in [0.29, 0.717) is 13.1 Å². The van der Waals surface area contributed by atoms with Crippen LogP contribution in [0.3, 0.4) is 0 Å². The molecule has 0 aliphatic carbocycles. The zero-order valence-corrected chi connectivity index (χ0v) is 11.8. The van der Waals surface area contributed by atoms with Crippen LogP contribution in [0.2, 0.25) is 0 Å². The molecular weight excluding hydrogens is 254 g/mol. The second-order valence-electron chi connectivity index (χ2n) is 4.47. The number of likely N-dealkylation sites (N-methyl/N-ethyl adjacent to an activating group) is 1. The molecule has 6 heteroatoms. The van der Waals surface area contributed by atoms with Crippen molar-refractivity contribution in [1.29, 1.82) is 5.26 Å². The number of nitrogens with one attached hydrogen (secondary N) is 2. The lowest BCUT2D eigenvalue weighted by Gasteiger charge is -2.09. The van der Waals surface area contributed by atoms with E-state index in [-0.39, 0.29) is 5.57 Å². The zero-order valence-electron chi connectivity index (χ0n) is 11.8. The summed E-state index contributed by atoms with van der Waals surface area (Å²) in [6.45, 7) is 1.85. The Morgan fingerprint density at radius 1 is 1.55 bits per heavy atom. The van der Waals surface area contributed by atoms with Crippen LogP contribution in [0.1, 0.15) is 5.56 Å². The van der Waals surface area contributed by atoms with E-state index < -0.39 is 5.91 Å². The molecule has 1 amide bonds. The maximum Gasteiger partial charge on any atom is 0.263 e. The maximum absolute atomic E-state index is 11.8. The summed E-state index contributed by atoms with van der Waals surface area (Å²) in [5, 5.41) is 14.6. The normalized spacial score (nSPS) is 11.0. The van der Waals surface area contributed by atoms with Gasteiger partial charge in [0.15, 0.2) is 0 Å². The van der Waals surface area contributed by atoms with Crippen LogP contribution in [-0.4, -0.2) is 43.0 Å². The molecule has 0 aliphatic rings. The highest BCUT2D eigenvalue weighted by molar-refractivity contribution is 5.97. The third-order valence-electron chi connectivity index (χ3n) is 2.49. The Morgan fingerprint density at radius 2 is 2.35 bits per heavy atom. The molecule has 0 saturated heterocycles. The Balaban J connectivity index is 2.43. The number of amides is 1. The van der Waals surface area contributed by atoms with Crippen molar-refractivity contribution in [3.05, 3.63) is 41.9 Å². The molecule has 0 atom stereocenters. The molecular formula is C14H19N5O. The monoisotopic (exact) mass is 273 g/mol. The van der Waals surface area contributed by atoms with Crippen molar-refractivity contribution >= 4 is 5.91 Å². The average molecular weight is 273 g/mol. The number of rotatable bonds is 7. The Labute approximate surface area is 119 Å². The lowest BCUT2D eigenvalue weighted by Crippen LogP contribution is -2.27. The van der Waals surface area contributed by atoms with E-state index in [1.165, 1.54) is 6.20 Å². The number of carbonyl (C=O) groups is 1. The highest BCUT2D eigenvalue weighted by atomic mass is 16.1. The van der Waals surface area contributed by atoms with Gasteiger partial charge < -0.3 is 15.5 Å². The van der Waals surface area contributed by atoms with Gasteiger partial charge in [0.05, 0.1) is 0 Å². The summed E-state index contributed by atoms with van der Waals surface area (Å²) in [5.74, 6) is -0.395. The van der Waals surface area contributed by atoms with Crippen LogP contribution in [0.5, 0.6) is 0 Å². The van der Waals surface area contributed by atoms with Crippen molar-refractivity contribution < 1.29 is 4.79 Å². The molecule has 0 aromatic carbocycles. The van der Waals surface area contributed by atoms with Crippen LogP contribution in [0, 0.1) is 11.3 Å². The van der Waals surface area contributed by atoms with Gasteiger partial charge in [0.1, 0.15) is 11.6 Å². The first-order valence-corrected chi connectivity index (χ1v) is 6.29. The molecule has 0 bridgehead atoms. The fraction of sp³-hybridized carbons (Fsp3) is 0.357. The molecule has 106 valence electrons. The Bertz CT molecular complexity index is 490. The smallest absolute Gasteiger partial charge is 0.263 e. The van der Waals surface area contributed by atoms with Gasteiger partial charge in [-0.05, 0) is 25.7 Å². The van der Waals surface area contributed by atoms with E-state index in [0.717, 1.165) is 12.1 Å². The fourth-order valence-corrected chi connectivity index (χ4v) is 1.39. The van der Waals surface area contributed by atoms with E-state index in [1.807, 2.05) is 31.1 Å². The third-order valence-corrected chi connectivity index (χ3v) is 2.49. The SMILES string of the molecule is CN(C)CCN/C=C(/C#N)C(=O)NCc1cccnc1. The van der Waals surface area contributed by atoms with Gasteiger partial charge in [0, 0.05) is 38.2 Å². The third kappa shape index (κ3) is 5.98. The number of nitrogens with zero attached hydrogens (tertiary/aromatic N) is 3. The van der Waals surface area contributed by atoms with E-state index in [4.69, 9.17) is 5.26 Å². The second kappa shape index (κ2) is 8.67. The lowest BCUT2D eigenvalue weighted by atomic mass is 10.2. The van der Waals surface area contributed by atoms with Crippen LogP contribution >= 0.6 is 0 Å². The summed E-state index contributed by atoms with van der Waals surface area (Å²) in [6, 6.07) is 5.54. The first-order chi connectivity index (χ1) is 9.63. The Morgan fingerprint density at radius 3 is 2.95 bits per heavy atom. The highest BCUT2D eigenvalue weighted by Gasteiger charge is 2.07. The van der Waals surface area contributed by atoms with Gasteiger partial charge in [-0.15, -0.1) is 0 Å². The number of carbonyl (C=O) groups excluding carboxylic acids is 1. The molecule has 0 radical (unpaired) electrons. The lowest BCUT2D eigenvalue weighted by molar-refractivity contribution is -0.117. The van der Waals surface area contributed by atoms with Gasteiger partial charge >= 0.3 is 0 Å².